The molecular formula is C6H16HgSi. The summed E-state index contributed by atoms with van der Waals surface area (Å²) in [7, 11) is 0.120. The molecule has 2 heteroatoms. The summed E-state index contributed by atoms with van der Waals surface area (Å²) in [6.45, 7) is 9.03. The van der Waals surface area contributed by atoms with Crippen LogP contribution < -0.4 is 0 Å². The first-order chi connectivity index (χ1) is 3.65. The van der Waals surface area contributed by atoms with E-state index in [1.807, 2.05) is 0 Å². The summed E-state index contributed by atoms with van der Waals surface area (Å²) in [6.07, 6.45) is 1.41. The number of rotatable bonds is 1. The number of hydrogen-bond donors (Lipinski definition) is 0. The van der Waals surface area contributed by atoms with E-state index in [1.165, 1.54) is 10.4 Å². The molecule has 0 amide bonds. The quantitative estimate of drug-likeness (QED) is 0.653. The second kappa shape index (κ2) is 11.0. The van der Waals surface area contributed by atoms with Crippen molar-refractivity contribution < 1.29 is 26.1 Å². The van der Waals surface area contributed by atoms with Gasteiger partial charge in [0.15, 0.2) is 0 Å². The van der Waals surface area contributed by atoms with Gasteiger partial charge in [0.2, 0.25) is 0 Å². The normalized spacial score (nSPS) is 8.38. The molecule has 0 aliphatic carbocycles. The van der Waals surface area contributed by atoms with Crippen LogP contribution in [0.15, 0.2) is 0 Å². The first-order valence-corrected chi connectivity index (χ1v) is 10.1. The number of hydrogen-bond acceptors (Lipinski definition) is 0. The third-order valence-corrected chi connectivity index (χ3v) is 3.10. The van der Waals surface area contributed by atoms with E-state index in [9.17, 15) is 0 Å². The topological polar surface area (TPSA) is 0 Å². The molecule has 0 aromatic carbocycles. The molecule has 0 aromatic heterocycles. The average Bonchev–Trinajstić information content (AvgIpc) is 1.65. The molecule has 1 radical (unpaired) electrons. The molecule has 0 aliphatic rings. The Morgan fingerprint density at radius 3 is 1.38 bits per heavy atom. The molecule has 0 unspecified atom stereocenters. The van der Waals surface area contributed by atoms with E-state index in [2.05, 4.69) is 26.6 Å². The molecule has 0 rings (SSSR count). The second-order valence-electron chi connectivity index (χ2n) is 2.35. The molecule has 0 heterocycles. The maximum atomic E-state index is 2.27. The molecular weight excluding hydrogens is 301 g/mol. The van der Waals surface area contributed by atoms with Gasteiger partial charge in [0.05, 0.1) is 0 Å². The van der Waals surface area contributed by atoms with Crippen LogP contribution in [-0.2, 0) is 26.1 Å². The van der Waals surface area contributed by atoms with Gasteiger partial charge >= 0.3 is 43.4 Å². The van der Waals surface area contributed by atoms with Crippen molar-refractivity contribution in [3.05, 3.63) is 0 Å². The van der Waals surface area contributed by atoms with E-state index in [0.29, 0.717) is 0 Å². The van der Waals surface area contributed by atoms with Crippen molar-refractivity contribution in [2.45, 2.75) is 36.9 Å². The molecule has 0 saturated heterocycles. The summed E-state index contributed by atoms with van der Waals surface area (Å²) >= 11 is 1.07. The van der Waals surface area contributed by atoms with Gasteiger partial charge in [-0.3, -0.25) is 0 Å². The van der Waals surface area contributed by atoms with Gasteiger partial charge in [0.1, 0.15) is 0 Å². The molecule has 8 heavy (non-hydrogen) atoms. The molecule has 0 nitrogen and oxygen atoms in total. The Bertz CT molecular complexity index is 25.0. The Morgan fingerprint density at radius 2 is 1.38 bits per heavy atom. The minimum absolute atomic E-state index is 0.120. The summed E-state index contributed by atoms with van der Waals surface area (Å²) < 4.78 is 1.51. The van der Waals surface area contributed by atoms with Crippen molar-refractivity contribution >= 4 is 8.80 Å². The SMILES string of the molecule is CC[CH2][Hg].C[Si](C)C. The van der Waals surface area contributed by atoms with Crippen molar-refractivity contribution in [2.24, 2.45) is 0 Å². The monoisotopic (exact) mass is 318 g/mol. The van der Waals surface area contributed by atoms with Crippen LogP contribution in [-0.4, -0.2) is 8.80 Å². The van der Waals surface area contributed by atoms with Crippen LogP contribution in [0.25, 0.3) is 0 Å². The van der Waals surface area contributed by atoms with Gasteiger partial charge in [0.25, 0.3) is 0 Å². The Kier molecular flexibility index (Phi) is 16.4. The predicted molar refractivity (Wildman–Crippen MR) is 38.4 cm³/mol. The van der Waals surface area contributed by atoms with E-state index in [4.69, 9.17) is 0 Å². The third-order valence-electron chi connectivity index (χ3n) is 0.354. The molecule has 0 N–H and O–H groups in total. The summed E-state index contributed by atoms with van der Waals surface area (Å²) in [4.78, 5) is 0. The molecule has 46 valence electrons. The van der Waals surface area contributed by atoms with Crippen LogP contribution in [0.4, 0.5) is 0 Å². The van der Waals surface area contributed by atoms with E-state index in [1.54, 1.807) is 0 Å². The molecule has 0 saturated carbocycles. The van der Waals surface area contributed by atoms with Gasteiger partial charge in [-0.1, -0.05) is 19.6 Å². The standard InChI is InChI=1S/C3H9Si.C3H7.Hg/c1-4(2)3;1-3-2;/h1-3H3;1,3H2,2H3;. The predicted octanol–water partition coefficient (Wildman–Crippen LogP) is 2.73. The van der Waals surface area contributed by atoms with Crippen molar-refractivity contribution in [2.75, 3.05) is 0 Å². The zero-order valence-corrected chi connectivity index (χ0v) is 13.1. The van der Waals surface area contributed by atoms with Gasteiger partial charge in [-0.2, -0.15) is 0 Å². The summed E-state index contributed by atoms with van der Waals surface area (Å²) in [5, 5.41) is 0. The molecule has 0 atom stereocenters. The second-order valence-corrected chi connectivity index (χ2v) is 8.10. The summed E-state index contributed by atoms with van der Waals surface area (Å²) in [5.74, 6) is 0. The Balaban J connectivity index is 0. The van der Waals surface area contributed by atoms with E-state index >= 15 is 0 Å². The Hall–Kier alpha value is 1.15. The van der Waals surface area contributed by atoms with Crippen LogP contribution in [0.2, 0.25) is 23.6 Å². The molecule has 0 aromatic rings. The van der Waals surface area contributed by atoms with Crippen molar-refractivity contribution in [1.29, 1.82) is 0 Å². The van der Waals surface area contributed by atoms with Gasteiger partial charge in [-0.25, -0.2) is 0 Å². The molecule has 0 bridgehead atoms. The zero-order chi connectivity index (χ0) is 6.99. The largest absolute Gasteiger partial charge is 0.0715 e. The van der Waals surface area contributed by atoms with Gasteiger partial charge in [-0.05, 0) is 0 Å². The van der Waals surface area contributed by atoms with Crippen LogP contribution in [0, 0.1) is 0 Å². The van der Waals surface area contributed by atoms with Crippen molar-refractivity contribution in [3.8, 4) is 0 Å². The van der Waals surface area contributed by atoms with E-state index < -0.39 is 0 Å². The molecule has 0 fully saturated rings. The fourth-order valence-corrected chi connectivity index (χ4v) is 0. The van der Waals surface area contributed by atoms with E-state index in [-0.39, 0.29) is 8.80 Å². The van der Waals surface area contributed by atoms with Crippen LogP contribution >= 0.6 is 0 Å². The Labute approximate surface area is 71.6 Å². The van der Waals surface area contributed by atoms with Gasteiger partial charge in [0, 0.05) is 8.80 Å². The molecule has 0 spiro atoms. The fourth-order valence-electron chi connectivity index (χ4n) is 0. The maximum Gasteiger partial charge on any atom is 0.0379 e. The van der Waals surface area contributed by atoms with Crippen molar-refractivity contribution in [3.63, 3.8) is 0 Å². The summed E-state index contributed by atoms with van der Waals surface area (Å²) in [6, 6.07) is 0. The molecule has 0 aliphatic heterocycles. The fraction of sp³-hybridized carbons (Fsp3) is 1.00. The average molecular weight is 317 g/mol. The maximum absolute atomic E-state index is 2.27. The van der Waals surface area contributed by atoms with Crippen LogP contribution in [0.1, 0.15) is 13.3 Å². The van der Waals surface area contributed by atoms with Gasteiger partial charge in [-0.15, -0.1) is 0 Å². The van der Waals surface area contributed by atoms with E-state index in [0.717, 1.165) is 26.1 Å². The smallest absolute Gasteiger partial charge is 0.0379 e. The van der Waals surface area contributed by atoms with Crippen LogP contribution in [0.3, 0.4) is 0 Å². The first kappa shape index (κ1) is 11.9. The minimum atomic E-state index is 0.120. The van der Waals surface area contributed by atoms with Crippen LogP contribution in [0.5, 0.6) is 0 Å². The third kappa shape index (κ3) is 58.5. The minimum Gasteiger partial charge on any atom is -0.0715 e. The summed E-state index contributed by atoms with van der Waals surface area (Å²) in [5.41, 5.74) is 0. The zero-order valence-electron chi connectivity index (χ0n) is 6.62. The Morgan fingerprint density at radius 1 is 1.25 bits per heavy atom. The first-order valence-electron chi connectivity index (χ1n) is 3.21. The van der Waals surface area contributed by atoms with Crippen molar-refractivity contribution in [1.82, 2.24) is 0 Å². The van der Waals surface area contributed by atoms with Gasteiger partial charge < -0.3 is 0 Å².